The monoisotopic (exact) mass is 352 g/mol. The van der Waals surface area contributed by atoms with Crippen LogP contribution in [0.4, 0.5) is 4.39 Å². The minimum atomic E-state index is -0.362. The van der Waals surface area contributed by atoms with Gasteiger partial charge < -0.3 is 15.1 Å². The van der Waals surface area contributed by atoms with Crippen LogP contribution >= 0.6 is 12.4 Å². The van der Waals surface area contributed by atoms with Gasteiger partial charge in [0.15, 0.2) is 5.76 Å². The number of hydrogen-bond acceptors (Lipinski definition) is 3. The number of furan rings is 1. The topological polar surface area (TPSA) is 59.5 Å². The number of amides is 1. The van der Waals surface area contributed by atoms with Gasteiger partial charge in [0, 0.05) is 19.1 Å². The second-order valence-corrected chi connectivity index (χ2v) is 6.13. The number of rotatable bonds is 3. The lowest BCUT2D eigenvalue weighted by Crippen LogP contribution is -2.42. The zero-order chi connectivity index (χ0) is 16.4. The summed E-state index contributed by atoms with van der Waals surface area (Å²) in [6, 6.07) is 9.78. The maximum Gasteiger partial charge on any atom is 0.289 e. The molecule has 0 saturated carbocycles. The fraction of sp³-hybridized carbons (Fsp3) is 0.389. The Hall–Kier alpha value is -1.85. The van der Waals surface area contributed by atoms with Crippen molar-refractivity contribution in [1.29, 1.82) is 0 Å². The molecule has 1 unspecified atom stereocenters. The van der Waals surface area contributed by atoms with Gasteiger partial charge in [-0.05, 0) is 49.9 Å². The molecule has 1 atom stereocenters. The molecule has 6 heteroatoms. The molecular formula is C18H22ClFN2O2. The van der Waals surface area contributed by atoms with Crippen molar-refractivity contribution in [1.82, 2.24) is 4.90 Å². The number of hydrogen-bond donors (Lipinski definition) is 1. The molecule has 2 N–H and O–H groups in total. The van der Waals surface area contributed by atoms with Gasteiger partial charge in [-0.3, -0.25) is 4.79 Å². The van der Waals surface area contributed by atoms with E-state index in [4.69, 9.17) is 10.2 Å². The van der Waals surface area contributed by atoms with E-state index in [1.807, 2.05) is 6.92 Å². The van der Waals surface area contributed by atoms with Crippen LogP contribution in [0.15, 0.2) is 40.8 Å². The average molecular weight is 353 g/mol. The summed E-state index contributed by atoms with van der Waals surface area (Å²) in [5, 5.41) is 0. The van der Waals surface area contributed by atoms with Crippen molar-refractivity contribution in [3.8, 4) is 11.3 Å². The van der Waals surface area contributed by atoms with Crippen molar-refractivity contribution in [2.45, 2.75) is 25.8 Å². The van der Waals surface area contributed by atoms with E-state index in [9.17, 15) is 9.18 Å². The molecule has 0 aliphatic carbocycles. The highest BCUT2D eigenvalue weighted by molar-refractivity contribution is 5.92. The molecule has 1 saturated heterocycles. The molecular weight excluding hydrogens is 331 g/mol. The molecule has 1 aromatic heterocycles. The Labute approximate surface area is 147 Å². The third-order valence-corrected chi connectivity index (χ3v) is 4.53. The Morgan fingerprint density at radius 2 is 1.92 bits per heavy atom. The molecule has 0 spiro atoms. The van der Waals surface area contributed by atoms with Crippen molar-refractivity contribution in [2.24, 2.45) is 11.7 Å². The smallest absolute Gasteiger partial charge is 0.289 e. The van der Waals surface area contributed by atoms with Crippen molar-refractivity contribution in [3.63, 3.8) is 0 Å². The van der Waals surface area contributed by atoms with Crippen LogP contribution in [0.3, 0.4) is 0 Å². The summed E-state index contributed by atoms with van der Waals surface area (Å²) in [5.41, 5.74) is 6.29. The van der Waals surface area contributed by atoms with Gasteiger partial charge >= 0.3 is 0 Å². The third kappa shape index (κ3) is 3.79. The molecule has 24 heavy (non-hydrogen) atoms. The summed E-state index contributed by atoms with van der Waals surface area (Å²) in [7, 11) is 0. The summed E-state index contributed by atoms with van der Waals surface area (Å²) >= 11 is 0. The van der Waals surface area contributed by atoms with Crippen molar-refractivity contribution in [2.75, 3.05) is 13.1 Å². The van der Waals surface area contributed by atoms with E-state index < -0.39 is 0 Å². The number of likely N-dealkylation sites (tertiary alicyclic amines) is 1. The van der Waals surface area contributed by atoms with Gasteiger partial charge in [0.25, 0.3) is 5.91 Å². The van der Waals surface area contributed by atoms with E-state index in [2.05, 4.69) is 0 Å². The lowest BCUT2D eigenvalue weighted by molar-refractivity contribution is 0.0650. The van der Waals surface area contributed by atoms with Crippen LogP contribution in [0.2, 0.25) is 0 Å². The summed E-state index contributed by atoms with van der Waals surface area (Å²) in [4.78, 5) is 14.3. The van der Waals surface area contributed by atoms with Gasteiger partial charge in [-0.15, -0.1) is 12.4 Å². The molecule has 130 valence electrons. The Balaban J connectivity index is 0.00000208. The molecule has 1 aliphatic rings. The molecule has 2 heterocycles. The second-order valence-electron chi connectivity index (χ2n) is 6.13. The lowest BCUT2D eigenvalue weighted by atomic mass is 9.91. The van der Waals surface area contributed by atoms with Gasteiger partial charge in [0.2, 0.25) is 0 Å². The Morgan fingerprint density at radius 1 is 1.25 bits per heavy atom. The first kappa shape index (κ1) is 18.5. The van der Waals surface area contributed by atoms with E-state index >= 15 is 0 Å². The SMILES string of the molecule is CC(N)C1CCN(C(=O)c2ccc(-c3ccccc3F)o2)CC1.Cl. The van der Waals surface area contributed by atoms with Crippen LogP contribution in [0, 0.1) is 11.7 Å². The highest BCUT2D eigenvalue weighted by Gasteiger charge is 2.27. The molecule has 3 rings (SSSR count). The number of benzene rings is 1. The number of carbonyl (C=O) groups is 1. The predicted molar refractivity (Wildman–Crippen MR) is 93.6 cm³/mol. The molecule has 4 nitrogen and oxygen atoms in total. The van der Waals surface area contributed by atoms with Crippen LogP contribution in [0.5, 0.6) is 0 Å². The molecule has 1 aliphatic heterocycles. The summed E-state index contributed by atoms with van der Waals surface area (Å²) in [5.74, 6) is 0.582. The summed E-state index contributed by atoms with van der Waals surface area (Å²) < 4.78 is 19.4. The number of carbonyl (C=O) groups excluding carboxylic acids is 1. The third-order valence-electron chi connectivity index (χ3n) is 4.53. The number of nitrogens with two attached hydrogens (primary N) is 1. The van der Waals surface area contributed by atoms with E-state index in [-0.39, 0.29) is 35.9 Å². The second kappa shape index (κ2) is 7.81. The summed E-state index contributed by atoms with van der Waals surface area (Å²) in [6.07, 6.45) is 1.81. The van der Waals surface area contributed by atoms with Crippen LogP contribution in [0.25, 0.3) is 11.3 Å². The molecule has 1 amide bonds. The Kier molecular flexibility index (Phi) is 6.02. The molecule has 1 fully saturated rings. The zero-order valence-corrected chi connectivity index (χ0v) is 14.4. The van der Waals surface area contributed by atoms with Gasteiger partial charge in [-0.25, -0.2) is 4.39 Å². The normalized spacial score (nSPS) is 16.5. The number of halogens is 2. The quantitative estimate of drug-likeness (QED) is 0.916. The number of piperidine rings is 1. The van der Waals surface area contributed by atoms with Crippen molar-refractivity contribution < 1.29 is 13.6 Å². The molecule has 0 radical (unpaired) electrons. The van der Waals surface area contributed by atoms with Gasteiger partial charge in [-0.2, -0.15) is 0 Å². The van der Waals surface area contributed by atoms with Crippen molar-refractivity contribution in [3.05, 3.63) is 48.0 Å². The van der Waals surface area contributed by atoms with Crippen molar-refractivity contribution >= 4 is 18.3 Å². The highest BCUT2D eigenvalue weighted by atomic mass is 35.5. The zero-order valence-electron chi connectivity index (χ0n) is 13.6. The van der Waals surface area contributed by atoms with E-state index in [0.29, 0.717) is 30.3 Å². The minimum Gasteiger partial charge on any atom is -0.451 e. The van der Waals surface area contributed by atoms with E-state index in [1.165, 1.54) is 6.07 Å². The summed E-state index contributed by atoms with van der Waals surface area (Å²) in [6.45, 7) is 3.37. The Morgan fingerprint density at radius 3 is 2.54 bits per heavy atom. The average Bonchev–Trinajstić information content (AvgIpc) is 3.04. The van der Waals surface area contributed by atoms with Gasteiger partial charge in [-0.1, -0.05) is 12.1 Å². The fourth-order valence-corrected chi connectivity index (χ4v) is 3.04. The molecule has 2 aromatic rings. The molecule has 1 aromatic carbocycles. The lowest BCUT2D eigenvalue weighted by Gasteiger charge is -2.33. The van der Waals surface area contributed by atoms with Crippen LogP contribution in [-0.2, 0) is 0 Å². The maximum absolute atomic E-state index is 13.8. The molecule has 0 bridgehead atoms. The minimum absolute atomic E-state index is 0. The maximum atomic E-state index is 13.8. The fourth-order valence-electron chi connectivity index (χ4n) is 3.04. The van der Waals surface area contributed by atoms with Crippen LogP contribution < -0.4 is 5.73 Å². The largest absolute Gasteiger partial charge is 0.451 e. The van der Waals surface area contributed by atoms with Crippen LogP contribution in [-0.4, -0.2) is 29.9 Å². The Bertz CT molecular complexity index is 694. The highest BCUT2D eigenvalue weighted by Crippen LogP contribution is 2.26. The van der Waals surface area contributed by atoms with Gasteiger partial charge in [0.05, 0.1) is 5.56 Å². The number of nitrogens with zero attached hydrogens (tertiary/aromatic N) is 1. The predicted octanol–water partition coefficient (Wildman–Crippen LogP) is 3.71. The van der Waals surface area contributed by atoms with Gasteiger partial charge in [0.1, 0.15) is 11.6 Å². The standard InChI is InChI=1S/C18H21FN2O2.ClH/c1-12(20)13-8-10-21(11-9-13)18(22)17-7-6-16(23-17)14-4-2-3-5-15(14)19;/h2-7,12-13H,8-11,20H2,1H3;1H. The van der Waals surface area contributed by atoms with E-state index in [1.54, 1.807) is 35.2 Å². The first-order chi connectivity index (χ1) is 11.1. The van der Waals surface area contributed by atoms with Crippen LogP contribution in [0.1, 0.15) is 30.3 Å². The van der Waals surface area contributed by atoms with E-state index in [0.717, 1.165) is 12.8 Å². The first-order valence-corrected chi connectivity index (χ1v) is 7.96. The first-order valence-electron chi connectivity index (χ1n) is 7.96.